The lowest BCUT2D eigenvalue weighted by atomic mass is 10.0. The molecule has 148 valence electrons. The van der Waals surface area contributed by atoms with E-state index < -0.39 is 10.0 Å². The average molecular weight is 383 g/mol. The molecular formula is C19H34N4O2S. The molecule has 0 heterocycles. The van der Waals surface area contributed by atoms with Crippen LogP contribution in [-0.4, -0.2) is 45.4 Å². The van der Waals surface area contributed by atoms with Gasteiger partial charge >= 0.3 is 0 Å². The molecule has 1 aromatic rings. The monoisotopic (exact) mass is 382 g/mol. The van der Waals surface area contributed by atoms with Crippen LogP contribution in [-0.2, 0) is 16.6 Å². The summed E-state index contributed by atoms with van der Waals surface area (Å²) in [5.41, 5.74) is 0.967. The van der Waals surface area contributed by atoms with Crippen LogP contribution >= 0.6 is 0 Å². The summed E-state index contributed by atoms with van der Waals surface area (Å²) in [6.07, 6.45) is 2.27. The Morgan fingerprint density at radius 2 is 1.73 bits per heavy atom. The van der Waals surface area contributed by atoms with E-state index in [-0.39, 0.29) is 0 Å². The molecular weight excluding hydrogens is 348 g/mol. The number of rotatable bonds is 9. The molecule has 2 N–H and O–H groups in total. The molecule has 0 saturated heterocycles. The third kappa shape index (κ3) is 7.33. The largest absolute Gasteiger partial charge is 0.357 e. The molecule has 0 aliphatic carbocycles. The second-order valence-corrected chi connectivity index (χ2v) is 9.29. The number of sulfonamides is 1. The van der Waals surface area contributed by atoms with Gasteiger partial charge in [-0.3, -0.25) is 0 Å². The second-order valence-electron chi connectivity index (χ2n) is 7.14. The first-order chi connectivity index (χ1) is 12.2. The Balaban J connectivity index is 2.74. The number of benzene rings is 1. The second kappa shape index (κ2) is 10.5. The van der Waals surface area contributed by atoms with Gasteiger partial charge in [-0.25, -0.2) is 17.7 Å². The van der Waals surface area contributed by atoms with Gasteiger partial charge in [0.05, 0.1) is 11.4 Å². The van der Waals surface area contributed by atoms with Gasteiger partial charge in [-0.15, -0.1) is 0 Å². The van der Waals surface area contributed by atoms with Crippen LogP contribution in [0.25, 0.3) is 0 Å². The third-order valence-electron chi connectivity index (χ3n) is 4.03. The highest BCUT2D eigenvalue weighted by molar-refractivity contribution is 7.89. The van der Waals surface area contributed by atoms with E-state index in [1.807, 2.05) is 19.1 Å². The van der Waals surface area contributed by atoms with Crippen molar-refractivity contribution in [2.45, 2.75) is 58.0 Å². The fourth-order valence-corrected chi connectivity index (χ4v) is 3.26. The molecule has 0 fully saturated rings. The van der Waals surface area contributed by atoms with Gasteiger partial charge in [0, 0.05) is 26.7 Å². The number of hydrogen-bond acceptors (Lipinski definition) is 3. The quantitative estimate of drug-likeness (QED) is 0.509. The van der Waals surface area contributed by atoms with Gasteiger partial charge in [0.25, 0.3) is 0 Å². The highest BCUT2D eigenvalue weighted by Crippen LogP contribution is 2.14. The van der Waals surface area contributed by atoms with Crippen molar-refractivity contribution in [3.63, 3.8) is 0 Å². The Hall–Kier alpha value is -1.60. The number of hydrogen-bond donors (Lipinski definition) is 2. The Morgan fingerprint density at radius 1 is 1.12 bits per heavy atom. The van der Waals surface area contributed by atoms with Gasteiger partial charge in [0.1, 0.15) is 0 Å². The lowest BCUT2D eigenvalue weighted by Gasteiger charge is -2.18. The molecule has 0 radical (unpaired) electrons. The van der Waals surface area contributed by atoms with Crippen LogP contribution in [0.2, 0.25) is 0 Å². The summed E-state index contributed by atoms with van der Waals surface area (Å²) in [5.74, 6) is 1.48. The van der Waals surface area contributed by atoms with Crippen LogP contribution in [0, 0.1) is 5.92 Å². The van der Waals surface area contributed by atoms with Crippen LogP contribution in [0.15, 0.2) is 34.2 Å². The lowest BCUT2D eigenvalue weighted by Crippen LogP contribution is -2.42. The van der Waals surface area contributed by atoms with Gasteiger partial charge in [-0.05, 0) is 50.3 Å². The molecule has 0 aliphatic rings. The van der Waals surface area contributed by atoms with Crippen molar-refractivity contribution in [3.05, 3.63) is 29.8 Å². The molecule has 1 atom stereocenters. The number of nitrogens with one attached hydrogen (secondary N) is 2. The Kier molecular flexibility index (Phi) is 9.08. The minimum absolute atomic E-state index is 0.294. The maximum Gasteiger partial charge on any atom is 0.242 e. The molecule has 0 bridgehead atoms. The lowest BCUT2D eigenvalue weighted by molar-refractivity contribution is 0.489. The smallest absolute Gasteiger partial charge is 0.242 e. The molecule has 1 unspecified atom stereocenters. The first-order valence-electron chi connectivity index (χ1n) is 9.23. The SMILES string of the molecule is CCNC(=NCc1ccc(S(=O)(=O)N(C)C)cc1)NC(C)CCC(C)C. The van der Waals surface area contributed by atoms with Crippen LogP contribution in [0.1, 0.15) is 46.1 Å². The van der Waals surface area contributed by atoms with Gasteiger partial charge in [-0.2, -0.15) is 0 Å². The Bertz CT molecular complexity index is 667. The summed E-state index contributed by atoms with van der Waals surface area (Å²) in [6.45, 7) is 9.95. The zero-order chi connectivity index (χ0) is 19.7. The van der Waals surface area contributed by atoms with Crippen molar-refractivity contribution in [3.8, 4) is 0 Å². The zero-order valence-corrected chi connectivity index (χ0v) is 17.7. The molecule has 1 rings (SSSR count). The standard InChI is InChI=1S/C19H34N4O2S/c1-7-20-19(22-16(4)9-8-15(2)3)21-14-17-10-12-18(13-11-17)26(24,25)23(5)6/h10-13,15-16H,7-9,14H2,1-6H3,(H2,20,21,22). The van der Waals surface area contributed by atoms with Crippen LogP contribution < -0.4 is 10.6 Å². The Morgan fingerprint density at radius 3 is 2.23 bits per heavy atom. The molecule has 0 saturated carbocycles. The zero-order valence-electron chi connectivity index (χ0n) is 16.9. The van der Waals surface area contributed by atoms with E-state index in [0.29, 0.717) is 23.4 Å². The van der Waals surface area contributed by atoms with Crippen LogP contribution in [0.3, 0.4) is 0 Å². The van der Waals surface area contributed by atoms with Crippen molar-refractivity contribution < 1.29 is 8.42 Å². The van der Waals surface area contributed by atoms with Crippen molar-refractivity contribution in [1.82, 2.24) is 14.9 Å². The summed E-state index contributed by atoms with van der Waals surface area (Å²) >= 11 is 0. The van der Waals surface area contributed by atoms with Crippen molar-refractivity contribution in [1.29, 1.82) is 0 Å². The molecule has 0 aromatic heterocycles. The van der Waals surface area contributed by atoms with E-state index in [1.165, 1.54) is 24.8 Å². The van der Waals surface area contributed by atoms with Crippen LogP contribution in [0.4, 0.5) is 0 Å². The fraction of sp³-hybridized carbons (Fsp3) is 0.632. The minimum Gasteiger partial charge on any atom is -0.357 e. The molecule has 6 nitrogen and oxygen atoms in total. The highest BCUT2D eigenvalue weighted by atomic mass is 32.2. The first-order valence-corrected chi connectivity index (χ1v) is 10.7. The van der Waals surface area contributed by atoms with Crippen molar-refractivity contribution in [2.24, 2.45) is 10.9 Å². The summed E-state index contributed by atoms with van der Waals surface area (Å²) in [7, 11) is -0.330. The molecule has 7 heteroatoms. The van der Waals surface area contributed by atoms with E-state index >= 15 is 0 Å². The van der Waals surface area contributed by atoms with Crippen molar-refractivity contribution in [2.75, 3.05) is 20.6 Å². The predicted molar refractivity (Wildman–Crippen MR) is 109 cm³/mol. The van der Waals surface area contributed by atoms with E-state index in [2.05, 4.69) is 36.4 Å². The third-order valence-corrected chi connectivity index (χ3v) is 5.86. The van der Waals surface area contributed by atoms with Gasteiger partial charge in [-0.1, -0.05) is 26.0 Å². The molecule has 26 heavy (non-hydrogen) atoms. The minimum atomic E-state index is -3.39. The molecule has 1 aromatic carbocycles. The van der Waals surface area contributed by atoms with Gasteiger partial charge < -0.3 is 10.6 Å². The van der Waals surface area contributed by atoms with E-state index in [1.54, 1.807) is 12.1 Å². The number of guanidine groups is 1. The summed E-state index contributed by atoms with van der Waals surface area (Å²) < 4.78 is 25.4. The fourth-order valence-electron chi connectivity index (χ4n) is 2.36. The van der Waals surface area contributed by atoms with E-state index in [0.717, 1.165) is 24.5 Å². The van der Waals surface area contributed by atoms with E-state index in [4.69, 9.17) is 0 Å². The topological polar surface area (TPSA) is 73.8 Å². The van der Waals surface area contributed by atoms with Crippen LogP contribution in [0.5, 0.6) is 0 Å². The summed E-state index contributed by atoms with van der Waals surface area (Å²) in [4.78, 5) is 4.91. The van der Waals surface area contributed by atoms with Gasteiger partial charge in [0.2, 0.25) is 10.0 Å². The molecule has 0 amide bonds. The first kappa shape index (κ1) is 22.4. The normalized spacial score (nSPS) is 13.9. The Labute approximate surface area is 159 Å². The average Bonchev–Trinajstić information content (AvgIpc) is 2.58. The maximum absolute atomic E-state index is 12.1. The number of nitrogens with zero attached hydrogens (tertiary/aromatic N) is 2. The molecule has 0 aliphatic heterocycles. The molecule has 0 spiro atoms. The predicted octanol–water partition coefficient (Wildman–Crippen LogP) is 2.82. The summed E-state index contributed by atoms with van der Waals surface area (Å²) in [6, 6.07) is 7.23. The summed E-state index contributed by atoms with van der Waals surface area (Å²) in [5, 5.41) is 6.69. The number of aliphatic imine (C=N–C) groups is 1. The maximum atomic E-state index is 12.1. The van der Waals surface area contributed by atoms with Gasteiger partial charge in [0.15, 0.2) is 5.96 Å². The van der Waals surface area contributed by atoms with Crippen molar-refractivity contribution >= 4 is 16.0 Å². The van der Waals surface area contributed by atoms with E-state index in [9.17, 15) is 8.42 Å². The highest BCUT2D eigenvalue weighted by Gasteiger charge is 2.16.